The summed E-state index contributed by atoms with van der Waals surface area (Å²) in [5.74, 6) is 0. The highest BCUT2D eigenvalue weighted by atomic mass is 15.3. The molecule has 1 atom stereocenters. The van der Waals surface area contributed by atoms with Gasteiger partial charge in [-0.1, -0.05) is 12.8 Å². The maximum atomic E-state index is 4.54. The summed E-state index contributed by atoms with van der Waals surface area (Å²) in [6.45, 7) is 8.74. The van der Waals surface area contributed by atoms with Gasteiger partial charge in [0.05, 0.1) is 5.69 Å². The molecule has 0 aliphatic carbocycles. The topological polar surface area (TPSA) is 29.9 Å². The van der Waals surface area contributed by atoms with Gasteiger partial charge >= 0.3 is 0 Å². The van der Waals surface area contributed by atoms with E-state index in [1.807, 2.05) is 0 Å². The van der Waals surface area contributed by atoms with Crippen LogP contribution in [-0.2, 0) is 13.0 Å². The molecule has 2 rings (SSSR count). The molecule has 0 amide bonds. The van der Waals surface area contributed by atoms with E-state index < -0.39 is 0 Å². The third kappa shape index (κ3) is 3.09. The fourth-order valence-electron chi connectivity index (χ4n) is 2.86. The van der Waals surface area contributed by atoms with Gasteiger partial charge < -0.3 is 5.32 Å². The molecule has 1 fully saturated rings. The Morgan fingerprint density at radius 2 is 2.24 bits per heavy atom. The molecule has 0 saturated carbocycles. The van der Waals surface area contributed by atoms with Crippen LogP contribution in [0.4, 0.5) is 0 Å². The molecule has 1 aliphatic rings. The highest BCUT2D eigenvalue weighted by Gasteiger charge is 2.26. The molecule has 3 nitrogen and oxygen atoms in total. The normalized spacial score (nSPS) is 25.8. The Balaban J connectivity index is 2.12. The molecule has 1 N–H and O–H groups in total. The van der Waals surface area contributed by atoms with Crippen molar-refractivity contribution in [2.75, 3.05) is 6.54 Å². The Morgan fingerprint density at radius 1 is 1.41 bits per heavy atom. The summed E-state index contributed by atoms with van der Waals surface area (Å²) in [6.07, 6.45) is 6.42. The predicted molar refractivity (Wildman–Crippen MR) is 71.2 cm³/mol. The van der Waals surface area contributed by atoms with Crippen molar-refractivity contribution >= 4 is 0 Å². The molecule has 3 heteroatoms. The maximum absolute atomic E-state index is 4.54. The summed E-state index contributed by atoms with van der Waals surface area (Å²) in [6, 6.07) is 2.24. The van der Waals surface area contributed by atoms with Crippen molar-refractivity contribution < 1.29 is 0 Å². The van der Waals surface area contributed by atoms with Crippen LogP contribution in [0.1, 0.15) is 50.9 Å². The molecule has 0 bridgehead atoms. The number of nitrogens with one attached hydrogen (secondary N) is 1. The van der Waals surface area contributed by atoms with Gasteiger partial charge in [-0.05, 0) is 46.2 Å². The molecular formula is C14H25N3. The van der Waals surface area contributed by atoms with Crippen molar-refractivity contribution in [1.82, 2.24) is 15.1 Å². The van der Waals surface area contributed by atoms with E-state index in [1.54, 1.807) is 0 Å². The average molecular weight is 235 g/mol. The van der Waals surface area contributed by atoms with Crippen LogP contribution >= 0.6 is 0 Å². The van der Waals surface area contributed by atoms with E-state index in [4.69, 9.17) is 0 Å². The van der Waals surface area contributed by atoms with Crippen LogP contribution in [0.3, 0.4) is 0 Å². The molecule has 1 aromatic rings. The van der Waals surface area contributed by atoms with Gasteiger partial charge in [-0.15, -0.1) is 0 Å². The quantitative estimate of drug-likeness (QED) is 0.873. The van der Waals surface area contributed by atoms with Crippen LogP contribution in [0.15, 0.2) is 6.07 Å². The summed E-state index contributed by atoms with van der Waals surface area (Å²) >= 11 is 0. The highest BCUT2D eigenvalue weighted by molar-refractivity contribution is 5.12. The van der Waals surface area contributed by atoms with Crippen LogP contribution in [-0.4, -0.2) is 21.9 Å². The lowest BCUT2D eigenvalue weighted by Gasteiger charge is -2.29. The van der Waals surface area contributed by atoms with E-state index in [9.17, 15) is 0 Å². The number of hydrogen-bond acceptors (Lipinski definition) is 2. The molecule has 96 valence electrons. The molecular weight excluding hydrogens is 210 g/mol. The lowest BCUT2D eigenvalue weighted by molar-refractivity contribution is 0.336. The molecule has 1 aromatic heterocycles. The smallest absolute Gasteiger partial charge is 0.0596 e. The first-order chi connectivity index (χ1) is 8.13. The monoisotopic (exact) mass is 235 g/mol. The van der Waals surface area contributed by atoms with E-state index in [0.717, 1.165) is 25.2 Å². The van der Waals surface area contributed by atoms with Crippen LogP contribution in [0.2, 0.25) is 0 Å². The number of rotatable bonds is 3. The Labute approximate surface area is 105 Å². The molecule has 17 heavy (non-hydrogen) atoms. The number of nitrogens with zero attached hydrogens (tertiary/aromatic N) is 2. The second-order valence-electron chi connectivity index (χ2n) is 5.57. The van der Waals surface area contributed by atoms with Gasteiger partial charge in [-0.2, -0.15) is 5.10 Å². The van der Waals surface area contributed by atoms with E-state index in [2.05, 4.69) is 41.9 Å². The molecule has 1 saturated heterocycles. The molecule has 2 heterocycles. The minimum absolute atomic E-state index is 0.260. The molecule has 0 spiro atoms. The number of hydrogen-bond donors (Lipinski definition) is 1. The van der Waals surface area contributed by atoms with E-state index in [0.29, 0.717) is 0 Å². The van der Waals surface area contributed by atoms with Crippen LogP contribution < -0.4 is 5.32 Å². The maximum Gasteiger partial charge on any atom is 0.0596 e. The predicted octanol–water partition coefficient (Wildman–Crippen LogP) is 2.68. The van der Waals surface area contributed by atoms with Crippen molar-refractivity contribution in [3.05, 3.63) is 17.5 Å². The first kappa shape index (κ1) is 12.6. The van der Waals surface area contributed by atoms with Crippen molar-refractivity contribution in [3.8, 4) is 0 Å². The Hall–Kier alpha value is -0.830. The largest absolute Gasteiger partial charge is 0.311 e. The summed E-state index contributed by atoms with van der Waals surface area (Å²) in [5.41, 5.74) is 2.77. The van der Waals surface area contributed by atoms with Crippen molar-refractivity contribution in [2.24, 2.45) is 0 Å². The van der Waals surface area contributed by atoms with Gasteiger partial charge in [0.25, 0.3) is 0 Å². The fraction of sp³-hybridized carbons (Fsp3) is 0.786. The lowest BCUT2D eigenvalue weighted by atomic mass is 9.90. The van der Waals surface area contributed by atoms with E-state index in [1.165, 1.54) is 31.4 Å². The minimum atomic E-state index is 0.260. The van der Waals surface area contributed by atoms with Crippen molar-refractivity contribution in [2.45, 2.75) is 65.0 Å². The Kier molecular flexibility index (Phi) is 3.87. The summed E-state index contributed by atoms with van der Waals surface area (Å²) in [7, 11) is 0. The first-order valence-corrected chi connectivity index (χ1v) is 6.91. The molecule has 0 radical (unpaired) electrons. The Bertz CT molecular complexity index is 360. The number of aryl methyl sites for hydroxylation is 2. The van der Waals surface area contributed by atoms with Gasteiger partial charge in [0.15, 0.2) is 0 Å². The summed E-state index contributed by atoms with van der Waals surface area (Å²) in [5, 5.41) is 8.26. The van der Waals surface area contributed by atoms with Gasteiger partial charge in [0, 0.05) is 24.2 Å². The van der Waals surface area contributed by atoms with Gasteiger partial charge in [-0.3, -0.25) is 4.68 Å². The summed E-state index contributed by atoms with van der Waals surface area (Å²) < 4.78 is 2.15. The highest BCUT2D eigenvalue weighted by Crippen LogP contribution is 2.23. The zero-order valence-electron chi connectivity index (χ0n) is 11.4. The van der Waals surface area contributed by atoms with Crippen molar-refractivity contribution in [1.29, 1.82) is 0 Å². The lowest BCUT2D eigenvalue weighted by Crippen LogP contribution is -2.44. The standard InChI is InChI=1S/C14H25N3/c1-4-17-13(10-12(2)16-17)11-14(3)8-6-5-7-9-15-14/h10,15H,4-9,11H2,1-3H3. The van der Waals surface area contributed by atoms with E-state index >= 15 is 0 Å². The fourth-order valence-corrected chi connectivity index (χ4v) is 2.86. The van der Waals surface area contributed by atoms with Crippen LogP contribution in [0, 0.1) is 6.92 Å². The summed E-state index contributed by atoms with van der Waals surface area (Å²) in [4.78, 5) is 0. The SMILES string of the molecule is CCn1nc(C)cc1CC1(C)CCCCCN1. The molecule has 1 unspecified atom stereocenters. The minimum Gasteiger partial charge on any atom is -0.311 e. The second-order valence-corrected chi connectivity index (χ2v) is 5.57. The van der Waals surface area contributed by atoms with Gasteiger partial charge in [0.1, 0.15) is 0 Å². The third-order valence-electron chi connectivity index (χ3n) is 3.81. The van der Waals surface area contributed by atoms with Gasteiger partial charge in [0.2, 0.25) is 0 Å². The number of aromatic nitrogens is 2. The molecule has 0 aromatic carbocycles. The molecule has 1 aliphatic heterocycles. The van der Waals surface area contributed by atoms with Crippen LogP contribution in [0.5, 0.6) is 0 Å². The van der Waals surface area contributed by atoms with E-state index in [-0.39, 0.29) is 5.54 Å². The zero-order valence-corrected chi connectivity index (χ0v) is 11.4. The van der Waals surface area contributed by atoms with Gasteiger partial charge in [-0.25, -0.2) is 0 Å². The first-order valence-electron chi connectivity index (χ1n) is 6.91. The Morgan fingerprint density at radius 3 is 3.00 bits per heavy atom. The third-order valence-corrected chi connectivity index (χ3v) is 3.81. The average Bonchev–Trinajstić information content (AvgIpc) is 2.49. The second kappa shape index (κ2) is 5.21. The zero-order chi connectivity index (χ0) is 12.3. The van der Waals surface area contributed by atoms with Crippen molar-refractivity contribution in [3.63, 3.8) is 0 Å². The van der Waals surface area contributed by atoms with Crippen LogP contribution in [0.25, 0.3) is 0 Å².